The summed E-state index contributed by atoms with van der Waals surface area (Å²) in [6.07, 6.45) is 2.41. The SMILES string of the molecule is CNCC1CCN(c2n[nH]c(COC)n2)CC1. The van der Waals surface area contributed by atoms with Gasteiger partial charge in [-0.05, 0) is 32.4 Å². The van der Waals surface area contributed by atoms with E-state index in [-0.39, 0.29) is 0 Å². The van der Waals surface area contributed by atoms with Crippen molar-refractivity contribution in [3.63, 3.8) is 0 Å². The lowest BCUT2D eigenvalue weighted by Crippen LogP contribution is -2.37. The van der Waals surface area contributed by atoms with E-state index in [0.29, 0.717) is 6.61 Å². The van der Waals surface area contributed by atoms with Crippen LogP contribution < -0.4 is 10.2 Å². The molecule has 0 amide bonds. The van der Waals surface area contributed by atoms with Gasteiger partial charge >= 0.3 is 0 Å². The lowest BCUT2D eigenvalue weighted by atomic mass is 9.97. The highest BCUT2D eigenvalue weighted by Crippen LogP contribution is 2.19. The molecule has 96 valence electrons. The molecule has 1 aliphatic heterocycles. The van der Waals surface area contributed by atoms with Crippen molar-refractivity contribution >= 4 is 5.95 Å². The molecule has 0 bridgehead atoms. The average Bonchev–Trinajstić information content (AvgIpc) is 2.80. The molecule has 6 heteroatoms. The zero-order valence-electron chi connectivity index (χ0n) is 10.6. The molecule has 1 fully saturated rings. The van der Waals surface area contributed by atoms with E-state index >= 15 is 0 Å². The highest BCUT2D eigenvalue weighted by atomic mass is 16.5. The minimum atomic E-state index is 0.489. The molecule has 1 aliphatic rings. The molecule has 0 saturated carbocycles. The second kappa shape index (κ2) is 5.97. The Balaban J connectivity index is 1.86. The number of aromatic amines is 1. The first-order chi connectivity index (χ1) is 8.33. The van der Waals surface area contributed by atoms with Crippen LogP contribution in [0, 0.1) is 5.92 Å². The molecule has 0 aromatic carbocycles. The van der Waals surface area contributed by atoms with E-state index in [1.807, 2.05) is 7.05 Å². The maximum atomic E-state index is 5.02. The lowest BCUT2D eigenvalue weighted by Gasteiger charge is -2.30. The highest BCUT2D eigenvalue weighted by molar-refractivity contribution is 5.29. The summed E-state index contributed by atoms with van der Waals surface area (Å²) in [7, 11) is 3.67. The fourth-order valence-electron chi connectivity index (χ4n) is 2.25. The van der Waals surface area contributed by atoms with Gasteiger partial charge < -0.3 is 15.0 Å². The Morgan fingerprint density at radius 3 is 2.88 bits per heavy atom. The van der Waals surface area contributed by atoms with Gasteiger partial charge in [0.15, 0.2) is 5.82 Å². The summed E-state index contributed by atoms with van der Waals surface area (Å²) in [5.41, 5.74) is 0. The number of nitrogens with one attached hydrogen (secondary N) is 2. The van der Waals surface area contributed by atoms with E-state index in [1.54, 1.807) is 7.11 Å². The summed E-state index contributed by atoms with van der Waals surface area (Å²) in [5, 5.41) is 10.4. The first-order valence-corrected chi connectivity index (χ1v) is 6.13. The van der Waals surface area contributed by atoms with E-state index in [9.17, 15) is 0 Å². The van der Waals surface area contributed by atoms with Crippen LogP contribution in [-0.2, 0) is 11.3 Å². The molecular weight excluding hydrogens is 218 g/mol. The molecule has 0 unspecified atom stereocenters. The molecule has 0 aliphatic carbocycles. The van der Waals surface area contributed by atoms with Gasteiger partial charge in [-0.25, -0.2) is 0 Å². The fourth-order valence-corrected chi connectivity index (χ4v) is 2.25. The van der Waals surface area contributed by atoms with Crippen LogP contribution in [0.15, 0.2) is 0 Å². The van der Waals surface area contributed by atoms with Gasteiger partial charge in [0.25, 0.3) is 0 Å². The van der Waals surface area contributed by atoms with Crippen molar-refractivity contribution in [1.29, 1.82) is 0 Å². The van der Waals surface area contributed by atoms with Gasteiger partial charge in [-0.15, -0.1) is 5.10 Å². The number of ether oxygens (including phenoxy) is 1. The van der Waals surface area contributed by atoms with Gasteiger partial charge in [0, 0.05) is 20.2 Å². The molecule has 1 aromatic heterocycles. The van der Waals surface area contributed by atoms with Crippen LogP contribution in [0.1, 0.15) is 18.7 Å². The Morgan fingerprint density at radius 1 is 1.47 bits per heavy atom. The second-order valence-corrected chi connectivity index (χ2v) is 4.50. The van der Waals surface area contributed by atoms with Crippen molar-refractivity contribution in [2.75, 3.05) is 38.7 Å². The summed E-state index contributed by atoms with van der Waals surface area (Å²) in [5.74, 6) is 2.38. The quantitative estimate of drug-likeness (QED) is 0.778. The first kappa shape index (κ1) is 12.3. The average molecular weight is 239 g/mol. The third kappa shape index (κ3) is 3.17. The Kier molecular flexibility index (Phi) is 4.33. The van der Waals surface area contributed by atoms with Crippen molar-refractivity contribution in [2.24, 2.45) is 5.92 Å². The van der Waals surface area contributed by atoms with Gasteiger partial charge in [-0.2, -0.15) is 4.98 Å². The van der Waals surface area contributed by atoms with Crippen molar-refractivity contribution in [1.82, 2.24) is 20.5 Å². The van der Waals surface area contributed by atoms with Gasteiger partial charge in [0.2, 0.25) is 5.95 Å². The lowest BCUT2D eigenvalue weighted by molar-refractivity contribution is 0.178. The van der Waals surface area contributed by atoms with Crippen LogP contribution in [-0.4, -0.2) is 49.0 Å². The van der Waals surface area contributed by atoms with Crippen LogP contribution in [0.5, 0.6) is 0 Å². The normalized spacial score (nSPS) is 17.6. The predicted octanol–water partition coefficient (Wildman–Crippen LogP) is 0.387. The maximum Gasteiger partial charge on any atom is 0.244 e. The molecule has 2 heterocycles. The van der Waals surface area contributed by atoms with Crippen LogP contribution in [0.2, 0.25) is 0 Å². The largest absolute Gasteiger partial charge is 0.377 e. The van der Waals surface area contributed by atoms with Gasteiger partial charge in [-0.3, -0.25) is 5.10 Å². The Bertz CT molecular complexity index is 332. The van der Waals surface area contributed by atoms with Crippen molar-refractivity contribution in [3.8, 4) is 0 Å². The Morgan fingerprint density at radius 2 is 2.24 bits per heavy atom. The summed E-state index contributed by atoms with van der Waals surface area (Å²) < 4.78 is 5.02. The van der Waals surface area contributed by atoms with E-state index in [0.717, 1.165) is 37.3 Å². The van der Waals surface area contributed by atoms with Crippen molar-refractivity contribution < 1.29 is 4.74 Å². The van der Waals surface area contributed by atoms with E-state index in [4.69, 9.17) is 4.74 Å². The zero-order valence-corrected chi connectivity index (χ0v) is 10.6. The summed E-state index contributed by atoms with van der Waals surface area (Å²) in [6.45, 7) is 3.67. The third-order valence-electron chi connectivity index (χ3n) is 3.19. The Labute approximate surface area is 102 Å². The van der Waals surface area contributed by atoms with Crippen molar-refractivity contribution in [3.05, 3.63) is 5.82 Å². The number of hydrogen-bond acceptors (Lipinski definition) is 5. The summed E-state index contributed by atoms with van der Waals surface area (Å²) >= 11 is 0. The molecule has 1 aromatic rings. The van der Waals surface area contributed by atoms with Gasteiger partial charge in [0.1, 0.15) is 6.61 Å². The van der Waals surface area contributed by atoms with Crippen LogP contribution in [0.25, 0.3) is 0 Å². The second-order valence-electron chi connectivity index (χ2n) is 4.50. The number of hydrogen-bond donors (Lipinski definition) is 2. The number of H-pyrrole nitrogens is 1. The Hall–Kier alpha value is -1.14. The molecular formula is C11H21N5O. The number of aromatic nitrogens is 3. The molecule has 0 radical (unpaired) electrons. The number of rotatable bonds is 5. The third-order valence-corrected chi connectivity index (χ3v) is 3.19. The smallest absolute Gasteiger partial charge is 0.244 e. The summed E-state index contributed by atoms with van der Waals surface area (Å²) in [4.78, 5) is 6.65. The van der Waals surface area contributed by atoms with E-state index in [2.05, 4.69) is 25.4 Å². The minimum Gasteiger partial charge on any atom is -0.377 e. The van der Waals surface area contributed by atoms with E-state index in [1.165, 1.54) is 12.8 Å². The summed E-state index contributed by atoms with van der Waals surface area (Å²) in [6, 6.07) is 0. The number of piperidine rings is 1. The standard InChI is InChI=1S/C11H21N5O/c1-12-7-9-3-5-16(6-4-9)11-13-10(8-17-2)14-15-11/h9,12H,3-8H2,1-2H3,(H,13,14,15). The molecule has 0 spiro atoms. The van der Waals surface area contributed by atoms with Gasteiger partial charge in [0.05, 0.1) is 0 Å². The number of anilines is 1. The number of nitrogens with zero attached hydrogens (tertiary/aromatic N) is 3. The minimum absolute atomic E-state index is 0.489. The first-order valence-electron chi connectivity index (χ1n) is 6.13. The topological polar surface area (TPSA) is 66.1 Å². The molecule has 2 N–H and O–H groups in total. The van der Waals surface area contributed by atoms with Crippen molar-refractivity contribution in [2.45, 2.75) is 19.4 Å². The van der Waals surface area contributed by atoms with Gasteiger partial charge in [-0.1, -0.05) is 0 Å². The molecule has 17 heavy (non-hydrogen) atoms. The zero-order chi connectivity index (χ0) is 12.1. The van der Waals surface area contributed by atoms with Crippen LogP contribution >= 0.6 is 0 Å². The van der Waals surface area contributed by atoms with Crippen LogP contribution in [0.4, 0.5) is 5.95 Å². The predicted molar refractivity (Wildman–Crippen MR) is 66.0 cm³/mol. The van der Waals surface area contributed by atoms with Crippen LogP contribution in [0.3, 0.4) is 0 Å². The molecule has 0 atom stereocenters. The molecule has 2 rings (SSSR count). The highest BCUT2D eigenvalue weighted by Gasteiger charge is 2.21. The molecule has 1 saturated heterocycles. The number of methoxy groups -OCH3 is 1. The maximum absolute atomic E-state index is 5.02. The monoisotopic (exact) mass is 239 g/mol. The fraction of sp³-hybridized carbons (Fsp3) is 0.818. The van der Waals surface area contributed by atoms with E-state index < -0.39 is 0 Å². The molecule has 6 nitrogen and oxygen atoms in total.